The molecule has 0 unspecified atom stereocenters. The molecule has 8 nitrogen and oxygen atoms in total. The lowest BCUT2D eigenvalue weighted by molar-refractivity contribution is -0.132. The molecular formula is C29H37F3N4O4S. The van der Waals surface area contributed by atoms with Crippen LogP contribution in [0.2, 0.25) is 0 Å². The Morgan fingerprint density at radius 3 is 2.24 bits per heavy atom. The molecule has 1 N–H and O–H groups in total. The molecule has 1 amide bonds. The number of rotatable bonds is 8. The van der Waals surface area contributed by atoms with Crippen molar-refractivity contribution in [3.05, 3.63) is 42.6 Å². The van der Waals surface area contributed by atoms with Crippen molar-refractivity contribution in [3.8, 4) is 5.88 Å². The molecule has 0 bridgehead atoms. The van der Waals surface area contributed by atoms with Gasteiger partial charge in [-0.05, 0) is 74.8 Å². The largest absolute Gasteiger partial charge is 0.501 e. The van der Waals surface area contributed by atoms with E-state index in [4.69, 9.17) is 4.74 Å². The number of carbonyl (C=O) groups is 1. The lowest BCUT2D eigenvalue weighted by Crippen LogP contribution is -2.49. The molecule has 2 heterocycles. The van der Waals surface area contributed by atoms with E-state index >= 15 is 0 Å². The van der Waals surface area contributed by atoms with Gasteiger partial charge in [0.2, 0.25) is 11.8 Å². The quantitative estimate of drug-likeness (QED) is 0.437. The summed E-state index contributed by atoms with van der Waals surface area (Å²) in [6.45, 7) is 3.00. The molecule has 5 rings (SSSR count). The number of sulfone groups is 1. The van der Waals surface area contributed by atoms with E-state index in [1.165, 1.54) is 37.8 Å². The summed E-state index contributed by atoms with van der Waals surface area (Å²) in [5.74, 6) is 1.41. The van der Waals surface area contributed by atoms with E-state index in [0.717, 1.165) is 69.7 Å². The van der Waals surface area contributed by atoms with Crippen LogP contribution < -0.4 is 15.0 Å². The third-order valence-electron chi connectivity index (χ3n) is 8.46. The first-order valence-corrected chi connectivity index (χ1v) is 15.9. The van der Waals surface area contributed by atoms with E-state index in [1.807, 2.05) is 17.0 Å². The number of piperazine rings is 1. The molecule has 1 aromatic carbocycles. The van der Waals surface area contributed by atoms with Gasteiger partial charge in [0, 0.05) is 62.3 Å². The van der Waals surface area contributed by atoms with Crippen molar-refractivity contribution >= 4 is 27.1 Å². The van der Waals surface area contributed by atoms with E-state index in [9.17, 15) is 26.4 Å². The Labute approximate surface area is 239 Å². The fourth-order valence-corrected chi connectivity index (χ4v) is 6.82. The van der Waals surface area contributed by atoms with E-state index in [-0.39, 0.29) is 18.1 Å². The zero-order chi connectivity index (χ0) is 29.0. The van der Waals surface area contributed by atoms with Gasteiger partial charge in [0.15, 0.2) is 0 Å². The van der Waals surface area contributed by atoms with Crippen molar-refractivity contribution in [2.24, 2.45) is 5.92 Å². The van der Waals surface area contributed by atoms with Crippen LogP contribution in [0, 0.1) is 5.92 Å². The molecule has 1 saturated heterocycles. The Morgan fingerprint density at radius 2 is 1.61 bits per heavy atom. The van der Waals surface area contributed by atoms with Crippen molar-refractivity contribution < 1.29 is 31.1 Å². The molecule has 12 heteroatoms. The molecule has 0 atom stereocenters. The number of carbonyl (C=O) groups excluding carboxylic acids is 1. The molecule has 1 aliphatic heterocycles. The van der Waals surface area contributed by atoms with Crippen LogP contribution in [-0.4, -0.2) is 68.0 Å². The summed E-state index contributed by atoms with van der Waals surface area (Å²) in [5.41, 5.74) is -3.72. The van der Waals surface area contributed by atoms with Crippen molar-refractivity contribution in [1.82, 2.24) is 9.88 Å². The number of pyridine rings is 1. The monoisotopic (exact) mass is 594 g/mol. The molecule has 2 aromatic rings. The summed E-state index contributed by atoms with van der Waals surface area (Å²) in [4.78, 5) is 20.6. The number of amides is 1. The van der Waals surface area contributed by atoms with Gasteiger partial charge in [0.05, 0.1) is 4.90 Å². The zero-order valence-electron chi connectivity index (χ0n) is 23.0. The number of aromatic nitrogens is 1. The second-order valence-electron chi connectivity index (χ2n) is 11.3. The number of ether oxygens (including phenoxy) is 1. The first kappa shape index (κ1) is 29.5. The van der Waals surface area contributed by atoms with Crippen LogP contribution in [0.1, 0.15) is 57.8 Å². The minimum Gasteiger partial charge on any atom is -0.474 e. The number of nitrogens with zero attached hydrogens (tertiary/aromatic N) is 3. The number of hydrogen-bond acceptors (Lipinski definition) is 7. The molecule has 41 heavy (non-hydrogen) atoms. The predicted molar refractivity (Wildman–Crippen MR) is 150 cm³/mol. The summed E-state index contributed by atoms with van der Waals surface area (Å²) in [7, 11) is -5.35. The van der Waals surface area contributed by atoms with E-state index in [0.29, 0.717) is 23.9 Å². The van der Waals surface area contributed by atoms with E-state index in [1.54, 1.807) is 6.20 Å². The lowest BCUT2D eigenvalue weighted by atomic mass is 9.92. The maximum Gasteiger partial charge on any atom is 0.501 e. The van der Waals surface area contributed by atoms with Gasteiger partial charge in [-0.3, -0.25) is 4.79 Å². The number of benzene rings is 1. The Morgan fingerprint density at radius 1 is 0.951 bits per heavy atom. The van der Waals surface area contributed by atoms with Gasteiger partial charge in [0.1, 0.15) is 6.10 Å². The number of nitrogens with one attached hydrogen (secondary N) is 1. The standard InChI is InChI=1S/C29H37F3N4O4S/c30-29(31,32)41(38,39)26-11-7-23(8-12-26)34-22-5-9-25(10-6-22)40-27-20-24(13-14-33-27)35-15-17-36(18-16-35)28(37)19-21-3-1-2-4-21/h7-8,11-14,20-22,25,34H,1-6,9-10,15-19H2/t22-,25-. The van der Waals surface area contributed by atoms with Crippen LogP contribution in [0.4, 0.5) is 24.5 Å². The van der Waals surface area contributed by atoms with Gasteiger partial charge < -0.3 is 19.9 Å². The summed E-state index contributed by atoms with van der Waals surface area (Å²) in [6, 6.07) is 8.71. The highest BCUT2D eigenvalue weighted by Crippen LogP contribution is 2.32. The highest BCUT2D eigenvalue weighted by Gasteiger charge is 2.46. The highest BCUT2D eigenvalue weighted by molar-refractivity contribution is 7.92. The molecule has 224 valence electrons. The molecule has 1 aromatic heterocycles. The fourth-order valence-electron chi connectivity index (χ4n) is 6.06. The van der Waals surface area contributed by atoms with Crippen molar-refractivity contribution in [2.45, 2.75) is 80.3 Å². The highest BCUT2D eigenvalue weighted by atomic mass is 32.2. The van der Waals surface area contributed by atoms with Crippen LogP contribution in [0.25, 0.3) is 0 Å². The van der Waals surface area contributed by atoms with Gasteiger partial charge in [-0.2, -0.15) is 13.2 Å². The van der Waals surface area contributed by atoms with Crippen LogP contribution in [-0.2, 0) is 14.6 Å². The summed E-state index contributed by atoms with van der Waals surface area (Å²) >= 11 is 0. The molecular weight excluding hydrogens is 557 g/mol. The average molecular weight is 595 g/mol. The number of hydrogen-bond donors (Lipinski definition) is 1. The molecule has 2 saturated carbocycles. The Bertz CT molecular complexity index is 1280. The minimum absolute atomic E-state index is 0.000149. The minimum atomic E-state index is -5.35. The Balaban J connectivity index is 1.07. The summed E-state index contributed by atoms with van der Waals surface area (Å²) in [6.07, 6.45) is 10.4. The SMILES string of the molecule is O=C(CC1CCCC1)N1CCN(c2ccnc(O[C@H]3CC[C@H](Nc4ccc(S(=O)(=O)C(F)(F)F)cc4)CC3)c2)CC1. The van der Waals surface area contributed by atoms with Gasteiger partial charge in [-0.15, -0.1) is 0 Å². The van der Waals surface area contributed by atoms with Crippen molar-refractivity contribution in [2.75, 3.05) is 36.4 Å². The molecule has 0 radical (unpaired) electrons. The molecule has 2 aliphatic carbocycles. The third kappa shape index (κ3) is 7.25. The van der Waals surface area contributed by atoms with Crippen LogP contribution in [0.5, 0.6) is 5.88 Å². The normalized spacial score (nSPS) is 22.5. The van der Waals surface area contributed by atoms with E-state index < -0.39 is 20.2 Å². The molecule has 3 aliphatic rings. The maximum absolute atomic E-state index is 12.8. The first-order valence-electron chi connectivity index (χ1n) is 14.4. The second kappa shape index (κ2) is 12.5. The van der Waals surface area contributed by atoms with E-state index in [2.05, 4.69) is 15.2 Å². The smallest absolute Gasteiger partial charge is 0.474 e. The lowest BCUT2D eigenvalue weighted by Gasteiger charge is -2.36. The number of alkyl halides is 3. The summed E-state index contributed by atoms with van der Waals surface area (Å²) in [5, 5.41) is 3.28. The van der Waals surface area contributed by atoms with Crippen molar-refractivity contribution in [1.29, 1.82) is 0 Å². The predicted octanol–water partition coefficient (Wildman–Crippen LogP) is 5.41. The number of anilines is 2. The molecule has 0 spiro atoms. The summed E-state index contributed by atoms with van der Waals surface area (Å²) < 4.78 is 67.6. The average Bonchev–Trinajstić information content (AvgIpc) is 3.47. The van der Waals surface area contributed by atoms with Crippen molar-refractivity contribution in [3.63, 3.8) is 0 Å². The van der Waals surface area contributed by atoms with Crippen LogP contribution in [0.15, 0.2) is 47.5 Å². The zero-order valence-corrected chi connectivity index (χ0v) is 23.8. The first-order chi connectivity index (χ1) is 19.6. The topological polar surface area (TPSA) is 91.8 Å². The van der Waals surface area contributed by atoms with Gasteiger partial charge in [0.25, 0.3) is 9.84 Å². The Hall–Kier alpha value is -3.02. The molecule has 3 fully saturated rings. The maximum atomic E-state index is 12.8. The van der Waals surface area contributed by atoms with Crippen LogP contribution in [0.3, 0.4) is 0 Å². The van der Waals surface area contributed by atoms with Gasteiger partial charge >= 0.3 is 5.51 Å². The second-order valence-corrected chi connectivity index (χ2v) is 13.2. The number of halogens is 3. The van der Waals surface area contributed by atoms with Gasteiger partial charge in [-0.1, -0.05) is 12.8 Å². The van der Waals surface area contributed by atoms with Crippen LogP contribution >= 0.6 is 0 Å². The van der Waals surface area contributed by atoms with Gasteiger partial charge in [-0.25, -0.2) is 13.4 Å². The Kier molecular flexibility index (Phi) is 8.96. The third-order valence-corrected chi connectivity index (χ3v) is 9.96. The fraction of sp³-hybridized carbons (Fsp3) is 0.586.